The minimum atomic E-state index is -0.0573. The normalized spacial score (nSPS) is 32.4. The van der Waals surface area contributed by atoms with Gasteiger partial charge in [0.15, 0.2) is 0 Å². The molecule has 92 valence electrons. The van der Waals surface area contributed by atoms with E-state index in [0.717, 1.165) is 13.0 Å². The highest BCUT2D eigenvalue weighted by molar-refractivity contribution is 5.85. The van der Waals surface area contributed by atoms with Crippen LogP contribution in [0.4, 0.5) is 0 Å². The number of halogens is 1. The lowest BCUT2D eigenvalue weighted by molar-refractivity contribution is 0.147. The summed E-state index contributed by atoms with van der Waals surface area (Å²) in [7, 11) is 0. The summed E-state index contributed by atoms with van der Waals surface area (Å²) < 4.78 is 1.91. The number of hydrogen-bond acceptors (Lipinski definition) is 3. The molecule has 0 saturated heterocycles. The van der Waals surface area contributed by atoms with E-state index in [0.29, 0.717) is 5.92 Å². The molecule has 1 fully saturated rings. The van der Waals surface area contributed by atoms with Crippen molar-refractivity contribution >= 4 is 12.4 Å². The zero-order chi connectivity index (χ0) is 11.1. The van der Waals surface area contributed by atoms with Crippen LogP contribution >= 0.6 is 12.4 Å². The van der Waals surface area contributed by atoms with Crippen molar-refractivity contribution in [2.24, 2.45) is 17.1 Å². The zero-order valence-corrected chi connectivity index (χ0v) is 11.0. The van der Waals surface area contributed by atoms with Gasteiger partial charge < -0.3 is 5.73 Å². The van der Waals surface area contributed by atoms with Crippen molar-refractivity contribution in [3.05, 3.63) is 12.7 Å². The predicted molar refractivity (Wildman–Crippen MR) is 66.4 cm³/mol. The second-order valence-corrected chi connectivity index (χ2v) is 5.49. The highest BCUT2D eigenvalue weighted by Crippen LogP contribution is 2.48. The molecule has 4 nitrogen and oxygen atoms in total. The van der Waals surface area contributed by atoms with Crippen LogP contribution in [0.2, 0.25) is 0 Å². The van der Waals surface area contributed by atoms with Crippen LogP contribution in [0.15, 0.2) is 12.7 Å². The summed E-state index contributed by atoms with van der Waals surface area (Å²) >= 11 is 0. The van der Waals surface area contributed by atoms with Gasteiger partial charge in [-0.15, -0.1) is 12.4 Å². The molecule has 0 bridgehead atoms. The molecule has 1 aliphatic rings. The fourth-order valence-corrected chi connectivity index (χ4v) is 2.50. The Kier molecular flexibility index (Phi) is 3.65. The molecule has 1 aromatic rings. The van der Waals surface area contributed by atoms with Gasteiger partial charge in [0, 0.05) is 12.1 Å². The SMILES string of the molecule is CC1(C)[C@@H](Cn2cncn2)CC[C@@]1(C)N.Cl. The van der Waals surface area contributed by atoms with Crippen molar-refractivity contribution in [3.63, 3.8) is 0 Å². The Bertz CT molecular complexity index is 332. The minimum absolute atomic E-state index is 0. The van der Waals surface area contributed by atoms with Crippen LogP contribution < -0.4 is 5.73 Å². The molecule has 0 unspecified atom stereocenters. The Morgan fingerprint density at radius 3 is 2.56 bits per heavy atom. The lowest BCUT2D eigenvalue weighted by Gasteiger charge is -2.38. The summed E-state index contributed by atoms with van der Waals surface area (Å²) in [5.74, 6) is 0.592. The van der Waals surface area contributed by atoms with Gasteiger partial charge in [-0.25, -0.2) is 4.98 Å². The van der Waals surface area contributed by atoms with E-state index >= 15 is 0 Å². The average Bonchev–Trinajstić information content (AvgIpc) is 2.69. The van der Waals surface area contributed by atoms with Gasteiger partial charge in [-0.05, 0) is 31.1 Å². The summed E-state index contributed by atoms with van der Waals surface area (Å²) in [4.78, 5) is 3.97. The standard InChI is InChI=1S/C11H20N4.ClH/c1-10(2)9(4-5-11(10,3)12)6-15-8-13-7-14-15;/h7-9H,4-6,12H2,1-3H3;1H/t9-,11-;/m1./s1. The molecule has 1 saturated carbocycles. The second kappa shape index (κ2) is 4.34. The van der Waals surface area contributed by atoms with Crippen molar-refractivity contribution in [3.8, 4) is 0 Å². The molecule has 2 atom stereocenters. The Morgan fingerprint density at radius 2 is 2.12 bits per heavy atom. The van der Waals surface area contributed by atoms with Crippen LogP contribution in [0, 0.1) is 11.3 Å². The van der Waals surface area contributed by atoms with Crippen molar-refractivity contribution < 1.29 is 0 Å². The summed E-state index contributed by atoms with van der Waals surface area (Å²) in [6, 6.07) is 0. The Labute approximate surface area is 103 Å². The Hall–Kier alpha value is -0.610. The van der Waals surface area contributed by atoms with E-state index in [2.05, 4.69) is 30.9 Å². The Morgan fingerprint density at radius 1 is 1.44 bits per heavy atom. The minimum Gasteiger partial charge on any atom is -0.325 e. The van der Waals surface area contributed by atoms with Gasteiger partial charge in [0.05, 0.1) is 0 Å². The number of nitrogens with zero attached hydrogens (tertiary/aromatic N) is 3. The number of nitrogens with two attached hydrogens (primary N) is 1. The number of rotatable bonds is 2. The average molecular weight is 245 g/mol. The van der Waals surface area contributed by atoms with Crippen molar-refractivity contribution in [1.82, 2.24) is 14.8 Å². The molecule has 0 amide bonds. The first-order valence-electron chi connectivity index (χ1n) is 5.55. The molecule has 0 aromatic carbocycles. The molecule has 2 rings (SSSR count). The molecule has 1 aliphatic carbocycles. The van der Waals surface area contributed by atoms with Crippen LogP contribution in [-0.4, -0.2) is 20.3 Å². The largest absolute Gasteiger partial charge is 0.325 e. The lowest BCUT2D eigenvalue weighted by Crippen LogP contribution is -2.48. The summed E-state index contributed by atoms with van der Waals surface area (Å²) in [5.41, 5.74) is 6.44. The van der Waals surface area contributed by atoms with Crippen LogP contribution in [0.25, 0.3) is 0 Å². The van der Waals surface area contributed by atoms with Crippen LogP contribution in [0.3, 0.4) is 0 Å². The first kappa shape index (κ1) is 13.5. The van der Waals surface area contributed by atoms with Gasteiger partial charge in [0.2, 0.25) is 0 Å². The third kappa shape index (κ3) is 2.09. The first-order chi connectivity index (χ1) is 6.93. The van der Waals surface area contributed by atoms with Gasteiger partial charge in [-0.1, -0.05) is 13.8 Å². The van der Waals surface area contributed by atoms with Gasteiger partial charge >= 0.3 is 0 Å². The predicted octanol–water partition coefficient (Wildman–Crippen LogP) is 1.85. The van der Waals surface area contributed by atoms with Crippen molar-refractivity contribution in [1.29, 1.82) is 0 Å². The summed E-state index contributed by atoms with van der Waals surface area (Å²) in [6.07, 6.45) is 5.64. The number of aromatic nitrogens is 3. The summed E-state index contributed by atoms with van der Waals surface area (Å²) in [5, 5.41) is 4.16. The fourth-order valence-electron chi connectivity index (χ4n) is 2.50. The molecular formula is C11H21ClN4. The highest BCUT2D eigenvalue weighted by atomic mass is 35.5. The van der Waals surface area contributed by atoms with E-state index in [4.69, 9.17) is 5.73 Å². The molecule has 2 N–H and O–H groups in total. The van der Waals surface area contributed by atoms with Crippen molar-refractivity contribution in [2.75, 3.05) is 0 Å². The van der Waals surface area contributed by atoms with E-state index in [1.165, 1.54) is 6.42 Å². The van der Waals surface area contributed by atoms with Gasteiger partial charge in [0.25, 0.3) is 0 Å². The maximum atomic E-state index is 6.33. The fraction of sp³-hybridized carbons (Fsp3) is 0.818. The molecule has 16 heavy (non-hydrogen) atoms. The van der Waals surface area contributed by atoms with E-state index in [-0.39, 0.29) is 23.4 Å². The molecule has 0 radical (unpaired) electrons. The van der Waals surface area contributed by atoms with E-state index in [1.54, 1.807) is 12.7 Å². The van der Waals surface area contributed by atoms with E-state index in [9.17, 15) is 0 Å². The van der Waals surface area contributed by atoms with E-state index in [1.807, 2.05) is 4.68 Å². The second-order valence-electron chi connectivity index (χ2n) is 5.49. The van der Waals surface area contributed by atoms with Crippen LogP contribution in [0.1, 0.15) is 33.6 Å². The first-order valence-corrected chi connectivity index (χ1v) is 5.55. The topological polar surface area (TPSA) is 56.7 Å². The molecule has 0 spiro atoms. The maximum absolute atomic E-state index is 6.33. The van der Waals surface area contributed by atoms with Gasteiger partial charge in [0.1, 0.15) is 12.7 Å². The smallest absolute Gasteiger partial charge is 0.137 e. The van der Waals surface area contributed by atoms with Crippen molar-refractivity contribution in [2.45, 2.75) is 45.7 Å². The zero-order valence-electron chi connectivity index (χ0n) is 10.2. The lowest BCUT2D eigenvalue weighted by atomic mass is 9.72. The molecule has 5 heteroatoms. The Balaban J connectivity index is 0.00000128. The quantitative estimate of drug-likeness (QED) is 0.864. The maximum Gasteiger partial charge on any atom is 0.137 e. The molecule has 1 heterocycles. The number of hydrogen-bond donors (Lipinski definition) is 1. The highest BCUT2D eigenvalue weighted by Gasteiger charge is 2.48. The van der Waals surface area contributed by atoms with Gasteiger partial charge in [-0.3, -0.25) is 4.68 Å². The summed E-state index contributed by atoms with van der Waals surface area (Å²) in [6.45, 7) is 7.62. The molecular weight excluding hydrogens is 224 g/mol. The van der Waals surface area contributed by atoms with Gasteiger partial charge in [-0.2, -0.15) is 5.10 Å². The molecule has 0 aliphatic heterocycles. The van der Waals surface area contributed by atoms with E-state index < -0.39 is 0 Å². The third-order valence-corrected chi connectivity index (χ3v) is 4.38. The van der Waals surface area contributed by atoms with Crippen LogP contribution in [0.5, 0.6) is 0 Å². The monoisotopic (exact) mass is 244 g/mol. The van der Waals surface area contributed by atoms with Crippen LogP contribution in [-0.2, 0) is 6.54 Å². The third-order valence-electron chi connectivity index (χ3n) is 4.38. The molecule has 1 aromatic heterocycles.